The molecule has 0 amide bonds. The number of thiazole rings is 1. The van der Waals surface area contributed by atoms with Crippen LogP contribution in [-0.4, -0.2) is 45.4 Å². The fraction of sp³-hybridized carbons (Fsp3) is 0.667. The fourth-order valence-corrected chi connectivity index (χ4v) is 2.80. The summed E-state index contributed by atoms with van der Waals surface area (Å²) in [5.41, 5.74) is -0.922. The molecule has 2 N–H and O–H groups in total. The van der Waals surface area contributed by atoms with E-state index in [1.54, 1.807) is 6.20 Å². The molecule has 1 atom stereocenters. The van der Waals surface area contributed by atoms with Crippen LogP contribution in [0.4, 0.5) is 0 Å². The molecule has 84 valence electrons. The summed E-state index contributed by atoms with van der Waals surface area (Å²) in [6.45, 7) is 1.88. The third-order valence-corrected chi connectivity index (χ3v) is 3.71. The normalized spacial score (nSPS) is 27.4. The molecule has 1 unspecified atom stereocenters. The summed E-state index contributed by atoms with van der Waals surface area (Å²) in [7, 11) is 0. The van der Waals surface area contributed by atoms with Crippen LogP contribution < -0.4 is 0 Å². The van der Waals surface area contributed by atoms with Crippen LogP contribution in [0.3, 0.4) is 0 Å². The molecule has 1 fully saturated rings. The molecule has 0 aromatic carbocycles. The first kappa shape index (κ1) is 11.3. The van der Waals surface area contributed by atoms with E-state index < -0.39 is 5.60 Å². The molecule has 0 spiro atoms. The van der Waals surface area contributed by atoms with Crippen LogP contribution in [0.1, 0.15) is 11.3 Å². The van der Waals surface area contributed by atoms with E-state index in [9.17, 15) is 5.11 Å². The van der Waals surface area contributed by atoms with E-state index in [1.165, 1.54) is 11.3 Å². The molecule has 15 heavy (non-hydrogen) atoms. The Labute approximate surface area is 97.1 Å². The predicted molar refractivity (Wildman–Crippen MR) is 59.1 cm³/mol. The SMILES string of the molecule is OCC1(O)CCN(Cc2cnc(Cl)s2)C1. The molecule has 1 aliphatic rings. The molecule has 0 radical (unpaired) electrons. The third-order valence-electron chi connectivity index (χ3n) is 2.61. The number of hydrogen-bond donors (Lipinski definition) is 2. The largest absolute Gasteiger partial charge is 0.393 e. The molecule has 0 saturated carbocycles. The highest BCUT2D eigenvalue weighted by molar-refractivity contribution is 7.15. The van der Waals surface area contributed by atoms with Gasteiger partial charge in [0.25, 0.3) is 0 Å². The third kappa shape index (κ3) is 2.68. The lowest BCUT2D eigenvalue weighted by Gasteiger charge is -2.20. The summed E-state index contributed by atoms with van der Waals surface area (Å²) in [5, 5.41) is 18.8. The van der Waals surface area contributed by atoms with E-state index >= 15 is 0 Å². The number of nitrogens with zero attached hydrogens (tertiary/aromatic N) is 2. The summed E-state index contributed by atoms with van der Waals surface area (Å²) < 4.78 is 0.543. The number of aliphatic hydroxyl groups is 2. The number of aliphatic hydroxyl groups excluding tert-OH is 1. The molecular weight excluding hydrogens is 236 g/mol. The Kier molecular flexibility index (Phi) is 3.27. The monoisotopic (exact) mass is 248 g/mol. The van der Waals surface area contributed by atoms with Crippen molar-refractivity contribution in [2.24, 2.45) is 0 Å². The van der Waals surface area contributed by atoms with Crippen molar-refractivity contribution in [3.63, 3.8) is 0 Å². The number of halogens is 1. The van der Waals surface area contributed by atoms with Crippen LogP contribution in [-0.2, 0) is 6.54 Å². The highest BCUT2D eigenvalue weighted by atomic mass is 35.5. The van der Waals surface area contributed by atoms with Crippen LogP contribution in [0, 0.1) is 0 Å². The Hall–Kier alpha value is -0.200. The van der Waals surface area contributed by atoms with E-state index in [0.717, 1.165) is 18.0 Å². The molecule has 1 aromatic heterocycles. The number of aromatic nitrogens is 1. The number of rotatable bonds is 3. The van der Waals surface area contributed by atoms with Crippen molar-refractivity contribution in [2.75, 3.05) is 19.7 Å². The maximum absolute atomic E-state index is 9.82. The molecule has 0 aliphatic carbocycles. The zero-order valence-corrected chi connectivity index (χ0v) is 9.76. The minimum Gasteiger partial charge on any atom is -0.393 e. The molecule has 1 saturated heterocycles. The second-order valence-electron chi connectivity index (χ2n) is 3.92. The topological polar surface area (TPSA) is 56.6 Å². The van der Waals surface area contributed by atoms with Gasteiger partial charge in [-0.1, -0.05) is 11.6 Å². The summed E-state index contributed by atoms with van der Waals surface area (Å²) >= 11 is 7.18. The van der Waals surface area contributed by atoms with Crippen LogP contribution in [0.2, 0.25) is 4.47 Å². The fourth-order valence-electron chi connectivity index (χ4n) is 1.78. The van der Waals surface area contributed by atoms with Gasteiger partial charge in [-0.05, 0) is 6.42 Å². The maximum Gasteiger partial charge on any atom is 0.183 e. The van der Waals surface area contributed by atoms with Crippen molar-refractivity contribution in [2.45, 2.75) is 18.6 Å². The lowest BCUT2D eigenvalue weighted by Crippen LogP contribution is -2.36. The Bertz CT molecular complexity index is 347. The first-order valence-electron chi connectivity index (χ1n) is 4.77. The molecule has 4 nitrogen and oxygen atoms in total. The van der Waals surface area contributed by atoms with E-state index in [2.05, 4.69) is 9.88 Å². The van der Waals surface area contributed by atoms with Crippen molar-refractivity contribution in [3.8, 4) is 0 Å². The van der Waals surface area contributed by atoms with Crippen LogP contribution in [0.25, 0.3) is 0 Å². The van der Waals surface area contributed by atoms with Crippen molar-refractivity contribution < 1.29 is 10.2 Å². The van der Waals surface area contributed by atoms with E-state index in [0.29, 0.717) is 17.4 Å². The molecule has 6 heteroatoms. The predicted octanol–water partition coefficient (Wildman–Crippen LogP) is 0.726. The van der Waals surface area contributed by atoms with Gasteiger partial charge in [-0.2, -0.15) is 0 Å². The smallest absolute Gasteiger partial charge is 0.183 e. The summed E-state index contributed by atoms with van der Waals surface area (Å²) in [6, 6.07) is 0. The minimum atomic E-state index is -0.922. The van der Waals surface area contributed by atoms with Gasteiger partial charge in [0.05, 0.1) is 6.61 Å². The lowest BCUT2D eigenvalue weighted by atomic mass is 10.1. The summed E-state index contributed by atoms with van der Waals surface area (Å²) in [6.07, 6.45) is 2.37. The minimum absolute atomic E-state index is 0.174. The zero-order chi connectivity index (χ0) is 10.9. The van der Waals surface area contributed by atoms with Crippen LogP contribution >= 0.6 is 22.9 Å². The van der Waals surface area contributed by atoms with E-state index in [-0.39, 0.29) is 6.61 Å². The van der Waals surface area contributed by atoms with Gasteiger partial charge < -0.3 is 10.2 Å². The van der Waals surface area contributed by atoms with E-state index in [1.807, 2.05) is 0 Å². The van der Waals surface area contributed by atoms with Gasteiger partial charge >= 0.3 is 0 Å². The van der Waals surface area contributed by atoms with Crippen molar-refractivity contribution in [3.05, 3.63) is 15.5 Å². The molecule has 0 bridgehead atoms. The van der Waals surface area contributed by atoms with Crippen LogP contribution in [0.15, 0.2) is 6.20 Å². The number of likely N-dealkylation sites (tertiary alicyclic amines) is 1. The highest BCUT2D eigenvalue weighted by Gasteiger charge is 2.35. The average molecular weight is 249 g/mol. The number of β-amino-alcohol motifs (C(OH)–C–C–N with tert-alkyl or cyclic N) is 1. The highest BCUT2D eigenvalue weighted by Crippen LogP contribution is 2.25. The molecule has 1 aliphatic heterocycles. The van der Waals surface area contributed by atoms with Gasteiger partial charge in [0.2, 0.25) is 0 Å². The van der Waals surface area contributed by atoms with Gasteiger partial charge in [0.1, 0.15) is 5.60 Å². The van der Waals surface area contributed by atoms with Gasteiger partial charge in [-0.3, -0.25) is 4.90 Å². The van der Waals surface area contributed by atoms with Gasteiger partial charge in [0, 0.05) is 30.7 Å². The van der Waals surface area contributed by atoms with Crippen molar-refractivity contribution >= 4 is 22.9 Å². The van der Waals surface area contributed by atoms with Gasteiger partial charge in [-0.25, -0.2) is 4.98 Å². The first-order chi connectivity index (χ1) is 7.11. The summed E-state index contributed by atoms with van der Waals surface area (Å²) in [4.78, 5) is 7.14. The quantitative estimate of drug-likeness (QED) is 0.828. The van der Waals surface area contributed by atoms with Crippen molar-refractivity contribution in [1.82, 2.24) is 9.88 Å². The molecule has 2 heterocycles. The Morgan fingerprint density at radius 1 is 1.67 bits per heavy atom. The standard InChI is InChI=1S/C9H13ClN2O2S/c10-8-11-3-7(15-8)4-12-2-1-9(14,5-12)6-13/h3,13-14H,1-2,4-6H2. The maximum atomic E-state index is 9.82. The second kappa shape index (κ2) is 4.35. The summed E-state index contributed by atoms with van der Waals surface area (Å²) in [5.74, 6) is 0. The molecule has 1 aromatic rings. The first-order valence-corrected chi connectivity index (χ1v) is 5.96. The Morgan fingerprint density at radius 3 is 3.00 bits per heavy atom. The molecular formula is C9H13ClN2O2S. The lowest BCUT2D eigenvalue weighted by molar-refractivity contribution is -0.00574. The van der Waals surface area contributed by atoms with Crippen LogP contribution in [0.5, 0.6) is 0 Å². The van der Waals surface area contributed by atoms with Gasteiger partial charge in [-0.15, -0.1) is 11.3 Å². The second-order valence-corrected chi connectivity index (χ2v) is 5.62. The van der Waals surface area contributed by atoms with Crippen molar-refractivity contribution in [1.29, 1.82) is 0 Å². The average Bonchev–Trinajstić information content (AvgIpc) is 2.76. The van der Waals surface area contributed by atoms with E-state index in [4.69, 9.17) is 16.7 Å². The Morgan fingerprint density at radius 2 is 2.47 bits per heavy atom. The number of hydrogen-bond acceptors (Lipinski definition) is 5. The zero-order valence-electron chi connectivity index (χ0n) is 8.19. The Balaban J connectivity index is 1.92. The van der Waals surface area contributed by atoms with Gasteiger partial charge in [0.15, 0.2) is 4.47 Å². The molecule has 2 rings (SSSR count).